The molecule has 0 aliphatic rings. The standard InChI is InChI=1S/C16H16F2O/c1-2-19-14-8-5-12(6-9-14)3-4-13-7-10-15(17)16(18)11-13/h5-11H,2-4H2,1H3. The van der Waals surface area contributed by atoms with Crippen LogP contribution in [0.25, 0.3) is 0 Å². The van der Waals surface area contributed by atoms with Crippen molar-refractivity contribution in [2.45, 2.75) is 19.8 Å². The number of benzene rings is 2. The first-order valence-corrected chi connectivity index (χ1v) is 6.34. The fourth-order valence-corrected chi connectivity index (χ4v) is 1.90. The van der Waals surface area contributed by atoms with E-state index < -0.39 is 11.6 Å². The Morgan fingerprint density at radius 1 is 0.842 bits per heavy atom. The smallest absolute Gasteiger partial charge is 0.159 e. The monoisotopic (exact) mass is 262 g/mol. The van der Waals surface area contributed by atoms with E-state index in [1.165, 1.54) is 12.1 Å². The lowest BCUT2D eigenvalue weighted by Gasteiger charge is -2.05. The van der Waals surface area contributed by atoms with Crippen molar-refractivity contribution in [2.24, 2.45) is 0 Å². The Labute approximate surface area is 111 Å². The van der Waals surface area contributed by atoms with E-state index >= 15 is 0 Å². The summed E-state index contributed by atoms with van der Waals surface area (Å²) in [6.07, 6.45) is 1.47. The Morgan fingerprint density at radius 2 is 1.47 bits per heavy atom. The van der Waals surface area contributed by atoms with Gasteiger partial charge in [0.2, 0.25) is 0 Å². The normalized spacial score (nSPS) is 10.5. The molecular weight excluding hydrogens is 246 g/mol. The highest BCUT2D eigenvalue weighted by Crippen LogP contribution is 2.15. The summed E-state index contributed by atoms with van der Waals surface area (Å²) in [5, 5.41) is 0. The summed E-state index contributed by atoms with van der Waals surface area (Å²) < 4.78 is 31.2. The van der Waals surface area contributed by atoms with E-state index in [0.29, 0.717) is 13.0 Å². The lowest BCUT2D eigenvalue weighted by atomic mass is 10.0. The van der Waals surface area contributed by atoms with Gasteiger partial charge in [0, 0.05) is 0 Å². The maximum absolute atomic E-state index is 13.1. The number of halogens is 2. The predicted octanol–water partition coefficient (Wildman–Crippen LogP) is 4.15. The summed E-state index contributed by atoms with van der Waals surface area (Å²) >= 11 is 0. The Balaban J connectivity index is 1.96. The zero-order valence-electron chi connectivity index (χ0n) is 10.8. The van der Waals surface area contributed by atoms with Crippen LogP contribution >= 0.6 is 0 Å². The maximum Gasteiger partial charge on any atom is 0.159 e. The molecule has 0 heterocycles. The number of rotatable bonds is 5. The molecule has 0 aliphatic heterocycles. The van der Waals surface area contributed by atoms with Crippen LogP contribution in [0.4, 0.5) is 8.78 Å². The van der Waals surface area contributed by atoms with Crippen molar-refractivity contribution in [3.05, 3.63) is 65.2 Å². The average Bonchev–Trinajstić information content (AvgIpc) is 2.42. The lowest BCUT2D eigenvalue weighted by molar-refractivity contribution is 0.340. The summed E-state index contributed by atoms with van der Waals surface area (Å²) in [4.78, 5) is 0. The summed E-state index contributed by atoms with van der Waals surface area (Å²) in [5.41, 5.74) is 1.95. The number of hydrogen-bond donors (Lipinski definition) is 0. The molecule has 0 saturated carbocycles. The second-order valence-electron chi connectivity index (χ2n) is 4.33. The highest BCUT2D eigenvalue weighted by atomic mass is 19.2. The van der Waals surface area contributed by atoms with E-state index in [2.05, 4.69) is 0 Å². The molecular formula is C16H16F2O. The van der Waals surface area contributed by atoms with E-state index in [1.54, 1.807) is 6.07 Å². The molecule has 0 aliphatic carbocycles. The van der Waals surface area contributed by atoms with Crippen LogP contribution in [-0.2, 0) is 12.8 Å². The largest absolute Gasteiger partial charge is 0.494 e. The van der Waals surface area contributed by atoms with Crippen LogP contribution in [0.15, 0.2) is 42.5 Å². The fourth-order valence-electron chi connectivity index (χ4n) is 1.90. The maximum atomic E-state index is 13.1. The zero-order valence-corrected chi connectivity index (χ0v) is 10.8. The summed E-state index contributed by atoms with van der Waals surface area (Å²) in [5.74, 6) is -0.743. The van der Waals surface area contributed by atoms with Crippen LogP contribution in [-0.4, -0.2) is 6.61 Å². The second-order valence-corrected chi connectivity index (χ2v) is 4.33. The van der Waals surface area contributed by atoms with Gasteiger partial charge in [-0.15, -0.1) is 0 Å². The van der Waals surface area contributed by atoms with Gasteiger partial charge in [-0.25, -0.2) is 8.78 Å². The van der Waals surface area contributed by atoms with Crippen LogP contribution in [0.2, 0.25) is 0 Å². The average molecular weight is 262 g/mol. The Hall–Kier alpha value is -1.90. The first-order valence-electron chi connectivity index (χ1n) is 6.34. The third-order valence-electron chi connectivity index (χ3n) is 2.92. The van der Waals surface area contributed by atoms with Crippen molar-refractivity contribution in [3.8, 4) is 5.75 Å². The molecule has 0 radical (unpaired) electrons. The highest BCUT2D eigenvalue weighted by Gasteiger charge is 2.03. The van der Waals surface area contributed by atoms with Gasteiger partial charge in [0.05, 0.1) is 6.61 Å². The van der Waals surface area contributed by atoms with Gasteiger partial charge in [-0.3, -0.25) is 0 Å². The van der Waals surface area contributed by atoms with E-state index in [4.69, 9.17) is 4.74 Å². The van der Waals surface area contributed by atoms with Crippen molar-refractivity contribution in [3.63, 3.8) is 0 Å². The molecule has 0 unspecified atom stereocenters. The van der Waals surface area contributed by atoms with Crippen molar-refractivity contribution < 1.29 is 13.5 Å². The molecule has 2 aromatic carbocycles. The molecule has 0 amide bonds. The summed E-state index contributed by atoms with van der Waals surface area (Å²) in [6.45, 7) is 2.59. The SMILES string of the molecule is CCOc1ccc(CCc2ccc(F)c(F)c2)cc1. The van der Waals surface area contributed by atoms with Gasteiger partial charge in [-0.2, -0.15) is 0 Å². The van der Waals surface area contributed by atoms with E-state index in [-0.39, 0.29) is 0 Å². The molecule has 3 heteroatoms. The molecule has 0 bridgehead atoms. The first-order chi connectivity index (χ1) is 9.19. The molecule has 2 rings (SSSR count). The van der Waals surface area contributed by atoms with Gasteiger partial charge in [0.15, 0.2) is 11.6 Å². The van der Waals surface area contributed by atoms with Gasteiger partial charge in [0.25, 0.3) is 0 Å². The Morgan fingerprint density at radius 3 is 2.11 bits per heavy atom. The Bertz CT molecular complexity index is 535. The minimum absolute atomic E-state index is 0.647. The van der Waals surface area contributed by atoms with Crippen LogP contribution < -0.4 is 4.74 Å². The van der Waals surface area contributed by atoms with Gasteiger partial charge in [0.1, 0.15) is 5.75 Å². The van der Waals surface area contributed by atoms with Crippen molar-refractivity contribution in [1.29, 1.82) is 0 Å². The molecule has 1 nitrogen and oxygen atoms in total. The first kappa shape index (κ1) is 13.5. The quantitative estimate of drug-likeness (QED) is 0.786. The predicted molar refractivity (Wildman–Crippen MR) is 71.4 cm³/mol. The highest BCUT2D eigenvalue weighted by molar-refractivity contribution is 5.28. The zero-order chi connectivity index (χ0) is 13.7. The fraction of sp³-hybridized carbons (Fsp3) is 0.250. The van der Waals surface area contributed by atoms with Crippen LogP contribution in [0.1, 0.15) is 18.1 Å². The third kappa shape index (κ3) is 3.78. The molecule has 0 spiro atoms. The lowest BCUT2D eigenvalue weighted by Crippen LogP contribution is -1.95. The molecule has 0 saturated heterocycles. The van der Waals surface area contributed by atoms with Crippen LogP contribution in [0, 0.1) is 11.6 Å². The van der Waals surface area contributed by atoms with E-state index in [9.17, 15) is 8.78 Å². The van der Waals surface area contributed by atoms with Gasteiger partial charge in [-0.05, 0) is 55.2 Å². The van der Waals surface area contributed by atoms with Gasteiger partial charge < -0.3 is 4.74 Å². The molecule has 19 heavy (non-hydrogen) atoms. The van der Waals surface area contributed by atoms with Crippen molar-refractivity contribution >= 4 is 0 Å². The third-order valence-corrected chi connectivity index (χ3v) is 2.92. The van der Waals surface area contributed by atoms with E-state index in [0.717, 1.165) is 23.3 Å². The Kier molecular flexibility index (Phi) is 4.50. The molecule has 0 aromatic heterocycles. The molecule has 0 atom stereocenters. The summed E-state index contributed by atoms with van der Waals surface area (Å²) in [6, 6.07) is 11.9. The van der Waals surface area contributed by atoms with Crippen LogP contribution in [0.3, 0.4) is 0 Å². The summed E-state index contributed by atoms with van der Waals surface area (Å²) in [7, 11) is 0. The topological polar surface area (TPSA) is 9.23 Å². The molecule has 0 N–H and O–H groups in total. The molecule has 0 fully saturated rings. The van der Waals surface area contributed by atoms with Gasteiger partial charge in [-0.1, -0.05) is 18.2 Å². The van der Waals surface area contributed by atoms with Crippen LogP contribution in [0.5, 0.6) is 5.75 Å². The number of hydrogen-bond acceptors (Lipinski definition) is 1. The second kappa shape index (κ2) is 6.32. The molecule has 100 valence electrons. The minimum Gasteiger partial charge on any atom is -0.494 e. The van der Waals surface area contributed by atoms with Crippen molar-refractivity contribution in [2.75, 3.05) is 6.61 Å². The molecule has 2 aromatic rings. The van der Waals surface area contributed by atoms with E-state index in [1.807, 2.05) is 31.2 Å². The number of ether oxygens (including phenoxy) is 1. The van der Waals surface area contributed by atoms with Gasteiger partial charge >= 0.3 is 0 Å². The minimum atomic E-state index is -0.801. The number of aryl methyl sites for hydroxylation is 2. The van der Waals surface area contributed by atoms with Crippen molar-refractivity contribution in [1.82, 2.24) is 0 Å².